The quantitative estimate of drug-likeness (QED) is 0.907. The Labute approximate surface area is 124 Å². The Morgan fingerprint density at radius 3 is 2.95 bits per heavy atom. The zero-order valence-electron chi connectivity index (χ0n) is 11.9. The highest BCUT2D eigenvalue weighted by atomic mass is 32.1. The van der Waals surface area contributed by atoms with Crippen LogP contribution in [0, 0.1) is 0 Å². The molecule has 0 bridgehead atoms. The van der Waals surface area contributed by atoms with Gasteiger partial charge >= 0.3 is 0 Å². The second kappa shape index (κ2) is 6.20. The van der Waals surface area contributed by atoms with Crippen LogP contribution in [0.5, 0.6) is 0 Å². The molecule has 0 saturated carbocycles. The lowest BCUT2D eigenvalue weighted by Crippen LogP contribution is -2.52. The van der Waals surface area contributed by atoms with Crippen molar-refractivity contribution in [1.29, 1.82) is 0 Å². The van der Waals surface area contributed by atoms with Crippen molar-refractivity contribution in [2.24, 2.45) is 0 Å². The number of hydrogen-bond acceptors (Lipinski definition) is 5. The predicted molar refractivity (Wildman–Crippen MR) is 79.7 cm³/mol. The third-order valence-electron chi connectivity index (χ3n) is 4.31. The van der Waals surface area contributed by atoms with Crippen LogP contribution in [0.25, 0.3) is 0 Å². The molecule has 1 N–H and O–H groups in total. The number of amides is 1. The van der Waals surface area contributed by atoms with Crippen LogP contribution in [-0.4, -0.2) is 59.5 Å². The Balaban J connectivity index is 1.70. The van der Waals surface area contributed by atoms with E-state index in [2.05, 4.69) is 22.1 Å². The second-order valence-electron chi connectivity index (χ2n) is 5.52. The average molecular weight is 294 g/mol. The first-order chi connectivity index (χ1) is 9.77. The van der Waals surface area contributed by atoms with E-state index in [1.165, 1.54) is 0 Å². The number of hydrogen-bond donors (Lipinski definition) is 1. The molecule has 110 valence electrons. The third-order valence-corrected chi connectivity index (χ3v) is 5.26. The minimum atomic E-state index is 0.0481. The number of nitrogens with zero attached hydrogens (tertiary/aromatic N) is 3. The second-order valence-corrected chi connectivity index (χ2v) is 6.44. The lowest BCUT2D eigenvalue weighted by Gasteiger charge is -2.34. The van der Waals surface area contributed by atoms with Crippen LogP contribution in [-0.2, 0) is 4.79 Å². The van der Waals surface area contributed by atoms with Crippen LogP contribution in [0.2, 0.25) is 0 Å². The molecule has 5 nitrogen and oxygen atoms in total. The molecule has 0 spiro atoms. The van der Waals surface area contributed by atoms with Gasteiger partial charge in [0.25, 0.3) is 0 Å². The summed E-state index contributed by atoms with van der Waals surface area (Å²) in [5.41, 5.74) is 0. The maximum absolute atomic E-state index is 12.7. The van der Waals surface area contributed by atoms with Crippen LogP contribution >= 0.6 is 11.3 Å². The number of thiazole rings is 1. The topological polar surface area (TPSA) is 48.5 Å². The number of carbonyl (C=O) groups excluding carboxylic acids is 1. The molecule has 1 aromatic rings. The van der Waals surface area contributed by atoms with Gasteiger partial charge in [-0.3, -0.25) is 9.69 Å². The summed E-state index contributed by atoms with van der Waals surface area (Å²) in [5, 5.41) is 6.43. The maximum Gasteiger partial charge on any atom is 0.240 e. The number of piperazine rings is 1. The summed E-state index contributed by atoms with van der Waals surface area (Å²) in [4.78, 5) is 21.5. The molecular formula is C14H22N4OS. The van der Waals surface area contributed by atoms with Crippen molar-refractivity contribution in [3.63, 3.8) is 0 Å². The average Bonchev–Trinajstić information content (AvgIpc) is 3.18. The monoisotopic (exact) mass is 294 g/mol. The van der Waals surface area contributed by atoms with E-state index >= 15 is 0 Å². The minimum Gasteiger partial charge on any atom is -0.339 e. The van der Waals surface area contributed by atoms with Gasteiger partial charge in [-0.1, -0.05) is 0 Å². The van der Waals surface area contributed by atoms with Gasteiger partial charge in [0.1, 0.15) is 5.01 Å². The molecule has 0 aromatic carbocycles. The molecule has 2 atom stereocenters. The van der Waals surface area contributed by atoms with E-state index in [0.29, 0.717) is 5.91 Å². The number of carbonyl (C=O) groups is 1. The fourth-order valence-corrected chi connectivity index (χ4v) is 3.91. The Bertz CT molecular complexity index is 444. The van der Waals surface area contributed by atoms with Crippen LogP contribution in [0.15, 0.2) is 11.6 Å². The van der Waals surface area contributed by atoms with E-state index in [-0.39, 0.29) is 12.1 Å². The van der Waals surface area contributed by atoms with E-state index in [1.54, 1.807) is 11.3 Å². The van der Waals surface area contributed by atoms with E-state index in [0.717, 1.165) is 50.6 Å². The van der Waals surface area contributed by atoms with Crippen LogP contribution < -0.4 is 5.32 Å². The Morgan fingerprint density at radius 1 is 1.45 bits per heavy atom. The van der Waals surface area contributed by atoms with Gasteiger partial charge in [0.2, 0.25) is 5.91 Å². The predicted octanol–water partition coefficient (Wildman–Crippen LogP) is 1.10. The van der Waals surface area contributed by atoms with E-state index in [9.17, 15) is 4.79 Å². The maximum atomic E-state index is 12.7. The van der Waals surface area contributed by atoms with Crippen molar-refractivity contribution >= 4 is 17.2 Å². The SMILES string of the molecule is CC(c1nccs1)N1CCCC1C(=O)N1CCNCC1. The van der Waals surface area contributed by atoms with Gasteiger partial charge in [0.05, 0.1) is 12.1 Å². The molecule has 2 fully saturated rings. The van der Waals surface area contributed by atoms with Crippen molar-refractivity contribution in [1.82, 2.24) is 20.1 Å². The van der Waals surface area contributed by atoms with Crippen molar-refractivity contribution < 1.29 is 4.79 Å². The highest BCUT2D eigenvalue weighted by molar-refractivity contribution is 7.09. The number of rotatable bonds is 3. The molecule has 3 rings (SSSR count). The molecule has 3 heterocycles. The molecule has 20 heavy (non-hydrogen) atoms. The zero-order valence-corrected chi connectivity index (χ0v) is 12.7. The van der Waals surface area contributed by atoms with Gasteiger partial charge in [-0.25, -0.2) is 4.98 Å². The molecule has 0 aliphatic carbocycles. The summed E-state index contributed by atoms with van der Waals surface area (Å²) in [5.74, 6) is 0.312. The lowest BCUT2D eigenvalue weighted by atomic mass is 10.1. The first-order valence-electron chi connectivity index (χ1n) is 7.42. The highest BCUT2D eigenvalue weighted by Gasteiger charge is 2.37. The Hall–Kier alpha value is -0.980. The summed E-state index contributed by atoms with van der Waals surface area (Å²) >= 11 is 1.68. The van der Waals surface area contributed by atoms with Crippen LogP contribution in [0.1, 0.15) is 30.8 Å². The van der Waals surface area contributed by atoms with E-state index in [4.69, 9.17) is 0 Å². The summed E-state index contributed by atoms with van der Waals surface area (Å²) < 4.78 is 0. The first-order valence-corrected chi connectivity index (χ1v) is 8.30. The Morgan fingerprint density at radius 2 is 2.25 bits per heavy atom. The molecule has 2 aliphatic heterocycles. The van der Waals surface area contributed by atoms with Crippen LogP contribution in [0.3, 0.4) is 0 Å². The van der Waals surface area contributed by atoms with Gasteiger partial charge < -0.3 is 10.2 Å². The van der Waals surface area contributed by atoms with Gasteiger partial charge in [-0.15, -0.1) is 11.3 Å². The Kier molecular flexibility index (Phi) is 4.33. The summed E-state index contributed by atoms with van der Waals surface area (Å²) in [6.07, 6.45) is 3.94. The molecule has 1 amide bonds. The fourth-order valence-electron chi connectivity index (χ4n) is 3.20. The molecular weight excluding hydrogens is 272 g/mol. The summed E-state index contributed by atoms with van der Waals surface area (Å²) in [7, 11) is 0. The van der Waals surface area contributed by atoms with Gasteiger partial charge in [-0.05, 0) is 26.3 Å². The molecule has 1 aromatic heterocycles. The van der Waals surface area contributed by atoms with Crippen molar-refractivity contribution in [2.75, 3.05) is 32.7 Å². The minimum absolute atomic E-state index is 0.0481. The van der Waals surface area contributed by atoms with Crippen molar-refractivity contribution in [3.05, 3.63) is 16.6 Å². The number of aromatic nitrogens is 1. The van der Waals surface area contributed by atoms with Gasteiger partial charge in [0, 0.05) is 37.8 Å². The summed E-state index contributed by atoms with van der Waals surface area (Å²) in [6.45, 7) is 6.69. The molecule has 6 heteroatoms. The van der Waals surface area contributed by atoms with Crippen LogP contribution in [0.4, 0.5) is 0 Å². The van der Waals surface area contributed by atoms with E-state index < -0.39 is 0 Å². The van der Waals surface area contributed by atoms with Crippen molar-refractivity contribution in [2.45, 2.75) is 31.8 Å². The molecule has 2 aliphatic rings. The highest BCUT2D eigenvalue weighted by Crippen LogP contribution is 2.31. The third kappa shape index (κ3) is 2.73. The largest absolute Gasteiger partial charge is 0.339 e. The number of nitrogens with one attached hydrogen (secondary N) is 1. The zero-order chi connectivity index (χ0) is 13.9. The molecule has 2 saturated heterocycles. The summed E-state index contributed by atoms with van der Waals surface area (Å²) in [6, 6.07) is 0.293. The van der Waals surface area contributed by atoms with Gasteiger partial charge in [-0.2, -0.15) is 0 Å². The molecule has 0 radical (unpaired) electrons. The lowest BCUT2D eigenvalue weighted by molar-refractivity contribution is -0.137. The van der Waals surface area contributed by atoms with Crippen molar-refractivity contribution in [3.8, 4) is 0 Å². The normalized spacial score (nSPS) is 25.9. The molecule has 2 unspecified atom stereocenters. The smallest absolute Gasteiger partial charge is 0.240 e. The standard InChI is InChI=1S/C14H22N4OS/c1-11(13-16-6-10-20-13)18-7-2-3-12(18)14(19)17-8-4-15-5-9-17/h6,10-12,15H,2-5,7-9H2,1H3. The fraction of sp³-hybridized carbons (Fsp3) is 0.714. The number of likely N-dealkylation sites (tertiary alicyclic amines) is 1. The van der Waals surface area contributed by atoms with Gasteiger partial charge in [0.15, 0.2) is 0 Å². The van der Waals surface area contributed by atoms with E-state index in [1.807, 2.05) is 16.5 Å². The first kappa shape index (κ1) is 14.0.